The maximum Gasteiger partial charge on any atom is 0.192 e. The van der Waals surface area contributed by atoms with Crippen molar-refractivity contribution in [3.8, 4) is 0 Å². The van der Waals surface area contributed by atoms with Gasteiger partial charge in [0.15, 0.2) is 37.9 Å². The SMILES string of the molecule is c1ccc(C[n+]2cccc(NCc3c4ccccc4cc4ccccc34)c2)c(C[n+]2cccc(NCc3c4ccccc4cc4ccccc34)c2)c1. The van der Waals surface area contributed by atoms with Crippen molar-refractivity contribution < 1.29 is 9.13 Å². The Morgan fingerprint density at radius 1 is 0.365 bits per heavy atom. The van der Waals surface area contributed by atoms with Crippen LogP contribution in [0.5, 0.6) is 0 Å². The van der Waals surface area contributed by atoms with Crippen molar-refractivity contribution in [2.24, 2.45) is 0 Å². The number of rotatable bonds is 10. The summed E-state index contributed by atoms with van der Waals surface area (Å²) in [5, 5.41) is 17.8. The smallest absolute Gasteiger partial charge is 0.192 e. The number of pyridine rings is 2. The van der Waals surface area contributed by atoms with Crippen LogP contribution in [-0.2, 0) is 26.2 Å². The Morgan fingerprint density at radius 2 is 0.712 bits per heavy atom. The Kier molecular flexibility index (Phi) is 8.47. The highest BCUT2D eigenvalue weighted by Crippen LogP contribution is 2.30. The minimum absolute atomic E-state index is 0.750. The third-order valence-electron chi connectivity index (χ3n) is 10.2. The summed E-state index contributed by atoms with van der Waals surface area (Å²) in [7, 11) is 0. The molecule has 2 heterocycles. The van der Waals surface area contributed by atoms with E-state index in [2.05, 4.69) is 202 Å². The molecule has 4 nitrogen and oxygen atoms in total. The molecule has 0 saturated carbocycles. The third-order valence-corrected chi connectivity index (χ3v) is 10.2. The van der Waals surface area contributed by atoms with Crippen molar-refractivity contribution in [2.75, 3.05) is 10.6 Å². The molecule has 0 atom stereocenters. The van der Waals surface area contributed by atoms with Gasteiger partial charge in [-0.1, -0.05) is 121 Å². The second-order valence-corrected chi connectivity index (χ2v) is 13.6. The van der Waals surface area contributed by atoms with Gasteiger partial charge in [-0.15, -0.1) is 0 Å². The minimum Gasteiger partial charge on any atom is -0.376 e. The summed E-state index contributed by atoms with van der Waals surface area (Å²) in [6, 6.07) is 56.7. The van der Waals surface area contributed by atoms with Crippen molar-refractivity contribution in [3.05, 3.63) is 205 Å². The lowest BCUT2D eigenvalue weighted by Crippen LogP contribution is -2.37. The molecule has 250 valence electrons. The second kappa shape index (κ2) is 14.0. The maximum atomic E-state index is 3.74. The van der Waals surface area contributed by atoms with Gasteiger partial charge < -0.3 is 10.6 Å². The number of benzene rings is 7. The van der Waals surface area contributed by atoms with Crippen LogP contribution in [-0.4, -0.2) is 0 Å². The van der Waals surface area contributed by atoms with Crippen LogP contribution >= 0.6 is 0 Å². The Labute approximate surface area is 304 Å². The largest absolute Gasteiger partial charge is 0.376 e. The molecule has 2 aromatic heterocycles. The second-order valence-electron chi connectivity index (χ2n) is 13.6. The van der Waals surface area contributed by atoms with Crippen LogP contribution in [0, 0.1) is 0 Å². The molecule has 9 rings (SSSR count). The van der Waals surface area contributed by atoms with Gasteiger partial charge in [-0.2, -0.15) is 9.13 Å². The topological polar surface area (TPSA) is 31.8 Å². The average Bonchev–Trinajstić information content (AvgIpc) is 3.19. The van der Waals surface area contributed by atoms with Crippen LogP contribution in [0.2, 0.25) is 0 Å². The first-order chi connectivity index (χ1) is 25.7. The summed E-state index contributed by atoms with van der Waals surface area (Å²) in [4.78, 5) is 0. The van der Waals surface area contributed by atoms with E-state index in [-0.39, 0.29) is 0 Å². The number of nitrogens with zero attached hydrogens (tertiary/aromatic N) is 2. The van der Waals surface area contributed by atoms with Crippen LogP contribution in [0.4, 0.5) is 11.4 Å². The molecular formula is C48H40N4+2. The zero-order valence-corrected chi connectivity index (χ0v) is 29.0. The molecule has 0 unspecified atom stereocenters. The molecule has 0 aliphatic rings. The van der Waals surface area contributed by atoms with Gasteiger partial charge in [0.25, 0.3) is 0 Å². The first-order valence-corrected chi connectivity index (χ1v) is 18.1. The molecule has 0 fully saturated rings. The van der Waals surface area contributed by atoms with Crippen LogP contribution in [0.1, 0.15) is 22.3 Å². The van der Waals surface area contributed by atoms with Crippen LogP contribution in [0.25, 0.3) is 43.1 Å². The highest BCUT2D eigenvalue weighted by molar-refractivity contribution is 6.03. The van der Waals surface area contributed by atoms with Crippen molar-refractivity contribution >= 4 is 54.5 Å². The van der Waals surface area contributed by atoms with E-state index in [1.165, 1.54) is 65.3 Å². The van der Waals surface area contributed by atoms with E-state index in [4.69, 9.17) is 0 Å². The van der Waals surface area contributed by atoms with Gasteiger partial charge in [-0.05, 0) is 78.5 Å². The lowest BCUT2D eigenvalue weighted by atomic mass is 9.97. The van der Waals surface area contributed by atoms with E-state index in [0.29, 0.717) is 0 Å². The number of anilines is 2. The van der Waals surface area contributed by atoms with Gasteiger partial charge in [0.05, 0.1) is 11.4 Å². The fourth-order valence-electron chi connectivity index (χ4n) is 7.69. The normalized spacial score (nSPS) is 11.4. The molecule has 0 spiro atoms. The summed E-state index contributed by atoms with van der Waals surface area (Å²) in [5.74, 6) is 0. The minimum atomic E-state index is 0.750. The molecule has 0 bridgehead atoms. The fraction of sp³-hybridized carbons (Fsp3) is 0.0833. The molecule has 0 amide bonds. The molecule has 9 aromatic rings. The number of nitrogens with one attached hydrogen (secondary N) is 2. The zero-order chi connectivity index (χ0) is 34.7. The maximum absolute atomic E-state index is 3.74. The Morgan fingerprint density at radius 3 is 1.10 bits per heavy atom. The molecule has 4 heteroatoms. The van der Waals surface area contributed by atoms with Crippen molar-refractivity contribution in [2.45, 2.75) is 26.2 Å². The Bertz CT molecular complexity index is 2420. The number of hydrogen-bond donors (Lipinski definition) is 2. The molecular weight excluding hydrogens is 633 g/mol. The van der Waals surface area contributed by atoms with E-state index < -0.39 is 0 Å². The molecule has 52 heavy (non-hydrogen) atoms. The quantitative estimate of drug-likeness (QED) is 0.112. The summed E-state index contributed by atoms with van der Waals surface area (Å²) in [6.45, 7) is 3.07. The molecule has 0 saturated heterocycles. The van der Waals surface area contributed by atoms with Crippen LogP contribution in [0.15, 0.2) is 183 Å². The van der Waals surface area contributed by atoms with Crippen molar-refractivity contribution in [1.29, 1.82) is 0 Å². The molecule has 7 aromatic carbocycles. The van der Waals surface area contributed by atoms with E-state index in [0.717, 1.165) is 37.6 Å². The van der Waals surface area contributed by atoms with Gasteiger partial charge in [0.1, 0.15) is 0 Å². The number of fused-ring (bicyclic) bond motifs is 4. The van der Waals surface area contributed by atoms with Crippen LogP contribution < -0.4 is 19.8 Å². The lowest BCUT2D eigenvalue weighted by Gasteiger charge is -2.13. The van der Waals surface area contributed by atoms with E-state index in [1.807, 2.05) is 0 Å². The van der Waals surface area contributed by atoms with Crippen molar-refractivity contribution in [1.82, 2.24) is 0 Å². The highest BCUT2D eigenvalue weighted by atomic mass is 15.0. The van der Waals surface area contributed by atoms with Crippen LogP contribution in [0.3, 0.4) is 0 Å². The average molecular weight is 673 g/mol. The first kappa shape index (κ1) is 31.5. The van der Waals surface area contributed by atoms with E-state index >= 15 is 0 Å². The lowest BCUT2D eigenvalue weighted by molar-refractivity contribution is -0.692. The zero-order valence-electron chi connectivity index (χ0n) is 29.0. The van der Waals surface area contributed by atoms with E-state index in [9.17, 15) is 0 Å². The predicted octanol–water partition coefficient (Wildman–Crippen LogP) is 10.2. The standard InChI is InChI=1S/C48H40N4/c1-2-18-40(32-52-26-12-20-42(34-52)50-30-48-45-23-9-5-15-37(45)28-38-16-6-10-24-46(38)48)39(17-1)31-51-25-11-19-41(33-51)49-29-47-43-21-7-3-13-35(43)27-36-14-4-8-22-44(36)47/h1-28,33-34,49-50H,29-32H2/q+2. The van der Waals surface area contributed by atoms with Gasteiger partial charge in [-0.3, -0.25) is 0 Å². The highest BCUT2D eigenvalue weighted by Gasteiger charge is 2.15. The molecule has 2 N–H and O–H groups in total. The number of hydrogen-bond acceptors (Lipinski definition) is 2. The fourth-order valence-corrected chi connectivity index (χ4v) is 7.69. The predicted molar refractivity (Wildman–Crippen MR) is 215 cm³/mol. The molecule has 0 aliphatic carbocycles. The summed E-state index contributed by atoms with van der Waals surface area (Å²) in [6.07, 6.45) is 8.76. The summed E-state index contributed by atoms with van der Waals surface area (Å²) < 4.78 is 4.55. The molecule has 0 aliphatic heterocycles. The van der Waals surface area contributed by atoms with Crippen molar-refractivity contribution in [3.63, 3.8) is 0 Å². The number of aromatic nitrogens is 2. The summed E-state index contributed by atoms with van der Waals surface area (Å²) >= 11 is 0. The van der Waals surface area contributed by atoms with Gasteiger partial charge in [0.2, 0.25) is 0 Å². The Hall–Kier alpha value is -6.52. The monoisotopic (exact) mass is 672 g/mol. The molecule has 0 radical (unpaired) electrons. The van der Waals surface area contributed by atoms with Gasteiger partial charge in [-0.25, -0.2) is 0 Å². The summed E-state index contributed by atoms with van der Waals surface area (Å²) in [5.41, 5.74) is 7.46. The van der Waals surface area contributed by atoms with E-state index in [1.54, 1.807) is 0 Å². The first-order valence-electron chi connectivity index (χ1n) is 18.1. The Balaban J connectivity index is 0.919. The van der Waals surface area contributed by atoms with Gasteiger partial charge in [0, 0.05) is 36.3 Å². The van der Waals surface area contributed by atoms with Gasteiger partial charge >= 0.3 is 0 Å². The third kappa shape index (κ3) is 6.43.